The van der Waals surface area contributed by atoms with Crippen LogP contribution in [0, 0.1) is 0 Å². The van der Waals surface area contributed by atoms with Crippen molar-refractivity contribution in [3.05, 3.63) is 0 Å². The van der Waals surface area contributed by atoms with Gasteiger partial charge in [0.15, 0.2) is 0 Å². The van der Waals surface area contributed by atoms with Crippen molar-refractivity contribution in [2.24, 2.45) is 0 Å². The zero-order valence-corrected chi connectivity index (χ0v) is 8.76. The number of hydrogen-bond acceptors (Lipinski definition) is 2. The molecule has 0 aromatic carbocycles. The monoisotopic (exact) mass is 215 g/mol. The molecule has 0 aliphatic heterocycles. The molecule has 80 valence electrons. The van der Waals surface area contributed by atoms with E-state index >= 15 is 0 Å². The van der Waals surface area contributed by atoms with Gasteiger partial charge >= 0.3 is 6.18 Å². The minimum atomic E-state index is -4.01. The third-order valence-corrected chi connectivity index (χ3v) is 2.62. The van der Waals surface area contributed by atoms with Crippen LogP contribution in [0.2, 0.25) is 0 Å². The summed E-state index contributed by atoms with van der Waals surface area (Å²) >= 11 is 1.70. The van der Waals surface area contributed by atoms with E-state index in [4.69, 9.17) is 0 Å². The first-order valence-electron chi connectivity index (χ1n) is 4.26. The first kappa shape index (κ1) is 13.1. The van der Waals surface area contributed by atoms with E-state index in [0.717, 1.165) is 6.54 Å². The topological polar surface area (TPSA) is 12.0 Å². The van der Waals surface area contributed by atoms with Crippen molar-refractivity contribution < 1.29 is 13.2 Å². The second kappa shape index (κ2) is 6.54. The normalized spacial score (nSPS) is 14.5. The Balaban J connectivity index is 3.18. The summed E-state index contributed by atoms with van der Waals surface area (Å²) in [4.78, 5) is 0. The molecule has 0 rings (SSSR count). The van der Waals surface area contributed by atoms with Gasteiger partial charge in [-0.25, -0.2) is 0 Å². The van der Waals surface area contributed by atoms with Crippen molar-refractivity contribution >= 4 is 11.8 Å². The highest BCUT2D eigenvalue weighted by Crippen LogP contribution is 2.20. The number of alkyl halides is 3. The summed E-state index contributed by atoms with van der Waals surface area (Å²) in [6.45, 7) is 3.27. The highest BCUT2D eigenvalue weighted by atomic mass is 32.2. The van der Waals surface area contributed by atoms with Crippen molar-refractivity contribution in [1.82, 2.24) is 5.32 Å². The number of hydrogen-bond donors (Lipinski definition) is 1. The lowest BCUT2D eigenvalue weighted by atomic mass is 10.3. The predicted octanol–water partition coefficient (Wildman–Crippen LogP) is 2.67. The van der Waals surface area contributed by atoms with Crippen LogP contribution in [0.25, 0.3) is 0 Å². The molecule has 0 fully saturated rings. The maximum Gasteiger partial charge on any atom is 0.389 e. The molecule has 0 aromatic rings. The van der Waals surface area contributed by atoms with Crippen molar-refractivity contribution in [3.63, 3.8) is 0 Å². The summed E-state index contributed by atoms with van der Waals surface area (Å²) < 4.78 is 35.0. The number of nitrogens with one attached hydrogen (secondary N) is 1. The summed E-state index contributed by atoms with van der Waals surface area (Å²) in [5.74, 6) is 0. The van der Waals surface area contributed by atoms with Gasteiger partial charge in [-0.3, -0.25) is 0 Å². The lowest BCUT2D eigenvalue weighted by Crippen LogP contribution is -2.24. The van der Waals surface area contributed by atoms with Gasteiger partial charge in [-0.15, -0.1) is 0 Å². The average molecular weight is 215 g/mol. The molecule has 0 aliphatic carbocycles. The first-order chi connectivity index (χ1) is 5.95. The Kier molecular flexibility index (Phi) is 6.59. The van der Waals surface area contributed by atoms with Crippen LogP contribution in [0.4, 0.5) is 13.2 Å². The zero-order chi connectivity index (χ0) is 10.3. The molecule has 0 bridgehead atoms. The van der Waals surface area contributed by atoms with Gasteiger partial charge in [0, 0.05) is 18.2 Å². The summed E-state index contributed by atoms with van der Waals surface area (Å²) in [5, 5.41) is 3.45. The molecule has 0 aliphatic rings. The van der Waals surface area contributed by atoms with E-state index in [1.54, 1.807) is 11.8 Å². The fourth-order valence-electron chi connectivity index (χ4n) is 0.802. The van der Waals surface area contributed by atoms with E-state index in [2.05, 4.69) is 5.32 Å². The fourth-order valence-corrected chi connectivity index (χ4v) is 1.09. The Labute approximate surface area is 81.5 Å². The van der Waals surface area contributed by atoms with Gasteiger partial charge in [0.1, 0.15) is 0 Å². The van der Waals surface area contributed by atoms with E-state index in [0.29, 0.717) is 11.8 Å². The van der Waals surface area contributed by atoms with Crippen LogP contribution in [-0.2, 0) is 0 Å². The second-order valence-corrected chi connectivity index (χ2v) is 4.25. The number of rotatable bonds is 6. The Bertz CT molecular complexity index is 127. The van der Waals surface area contributed by atoms with Crippen molar-refractivity contribution in [1.29, 1.82) is 0 Å². The van der Waals surface area contributed by atoms with Gasteiger partial charge in [0.05, 0.1) is 0 Å². The quantitative estimate of drug-likeness (QED) is 0.684. The molecule has 13 heavy (non-hydrogen) atoms. The second-order valence-electron chi connectivity index (χ2n) is 2.97. The lowest BCUT2D eigenvalue weighted by Gasteiger charge is -2.10. The van der Waals surface area contributed by atoms with E-state index in [9.17, 15) is 13.2 Å². The van der Waals surface area contributed by atoms with Crippen LogP contribution < -0.4 is 5.32 Å². The molecule has 0 saturated carbocycles. The van der Waals surface area contributed by atoms with Gasteiger partial charge < -0.3 is 5.32 Å². The van der Waals surface area contributed by atoms with Crippen molar-refractivity contribution in [3.8, 4) is 0 Å². The molecule has 0 saturated heterocycles. The van der Waals surface area contributed by atoms with Gasteiger partial charge in [0.2, 0.25) is 0 Å². The fraction of sp³-hybridized carbons (Fsp3) is 1.00. The molecule has 5 heteroatoms. The van der Waals surface area contributed by atoms with Crippen LogP contribution in [0.5, 0.6) is 0 Å². The van der Waals surface area contributed by atoms with E-state index < -0.39 is 12.6 Å². The predicted molar refractivity (Wildman–Crippen MR) is 51.1 cm³/mol. The van der Waals surface area contributed by atoms with Crippen LogP contribution >= 0.6 is 11.8 Å². The number of halogens is 3. The van der Waals surface area contributed by atoms with E-state index in [-0.39, 0.29) is 6.42 Å². The molecule has 0 heterocycles. The van der Waals surface area contributed by atoms with Crippen molar-refractivity contribution in [2.75, 3.05) is 19.3 Å². The van der Waals surface area contributed by atoms with E-state index in [1.165, 1.54) is 0 Å². The highest BCUT2D eigenvalue weighted by Gasteiger charge is 2.25. The standard InChI is InChI=1S/C8H16F3NS/c1-7(13-2)6-12-5-3-4-8(9,10)11/h7,12H,3-6H2,1-2H3. The van der Waals surface area contributed by atoms with Gasteiger partial charge in [-0.2, -0.15) is 24.9 Å². The summed E-state index contributed by atoms with van der Waals surface area (Å²) in [6, 6.07) is 0. The minimum absolute atomic E-state index is 0.171. The Morgan fingerprint density at radius 3 is 2.46 bits per heavy atom. The molecular weight excluding hydrogens is 199 g/mol. The van der Waals surface area contributed by atoms with E-state index in [1.807, 2.05) is 13.2 Å². The average Bonchev–Trinajstić information content (AvgIpc) is 2.01. The van der Waals surface area contributed by atoms with Gasteiger partial charge in [-0.1, -0.05) is 6.92 Å². The molecule has 0 amide bonds. The van der Waals surface area contributed by atoms with Crippen LogP contribution in [-0.4, -0.2) is 30.8 Å². The largest absolute Gasteiger partial charge is 0.389 e. The van der Waals surface area contributed by atoms with Crippen LogP contribution in [0.1, 0.15) is 19.8 Å². The molecule has 1 atom stereocenters. The maximum atomic E-state index is 11.7. The van der Waals surface area contributed by atoms with Crippen LogP contribution in [0.3, 0.4) is 0 Å². The molecule has 1 N–H and O–H groups in total. The highest BCUT2D eigenvalue weighted by molar-refractivity contribution is 7.99. The smallest absolute Gasteiger partial charge is 0.316 e. The van der Waals surface area contributed by atoms with Crippen molar-refractivity contribution in [2.45, 2.75) is 31.2 Å². The zero-order valence-electron chi connectivity index (χ0n) is 7.95. The van der Waals surface area contributed by atoms with Gasteiger partial charge in [-0.05, 0) is 19.2 Å². The summed E-state index contributed by atoms with van der Waals surface area (Å²) in [7, 11) is 0. The van der Waals surface area contributed by atoms with Gasteiger partial charge in [0.25, 0.3) is 0 Å². The maximum absolute atomic E-state index is 11.7. The Morgan fingerprint density at radius 1 is 1.38 bits per heavy atom. The third kappa shape index (κ3) is 10.0. The SMILES string of the molecule is CSC(C)CNCCCC(F)(F)F. The third-order valence-electron chi connectivity index (χ3n) is 1.65. The molecule has 0 aromatic heterocycles. The Morgan fingerprint density at radius 2 is 2.00 bits per heavy atom. The molecule has 0 spiro atoms. The molecule has 1 unspecified atom stereocenters. The lowest BCUT2D eigenvalue weighted by molar-refractivity contribution is -0.135. The summed E-state index contributed by atoms with van der Waals surface area (Å²) in [5.41, 5.74) is 0. The summed E-state index contributed by atoms with van der Waals surface area (Å²) in [6.07, 6.45) is -2.53. The minimum Gasteiger partial charge on any atom is -0.316 e. The Hall–Kier alpha value is 0.100. The van der Waals surface area contributed by atoms with Crippen LogP contribution in [0.15, 0.2) is 0 Å². The molecule has 1 nitrogen and oxygen atoms in total. The molecular formula is C8H16F3NS. The molecule has 0 radical (unpaired) electrons. The number of thioether (sulfide) groups is 1. The first-order valence-corrected chi connectivity index (χ1v) is 5.55.